The lowest BCUT2D eigenvalue weighted by atomic mass is 9.87. The summed E-state index contributed by atoms with van der Waals surface area (Å²) in [5.74, 6) is 0. The molecule has 18 heavy (non-hydrogen) atoms. The Labute approximate surface area is 104 Å². The molecule has 0 spiro atoms. The van der Waals surface area contributed by atoms with Gasteiger partial charge >= 0.3 is 6.18 Å². The molecule has 0 aliphatic heterocycles. The quantitative estimate of drug-likeness (QED) is 0.902. The van der Waals surface area contributed by atoms with Crippen molar-refractivity contribution in [3.05, 3.63) is 35.4 Å². The van der Waals surface area contributed by atoms with Gasteiger partial charge in [0, 0.05) is 12.6 Å². The molecule has 2 unspecified atom stereocenters. The topological polar surface area (TPSA) is 23.5 Å². The standard InChI is InChI=1S/C13H16F3NO/c1-17(11-6-7-12(11)18)8-9-4-2-3-5-10(9)13(14,15)16/h2-5,11-12,18H,6-8H2,1H3. The van der Waals surface area contributed by atoms with E-state index in [9.17, 15) is 18.3 Å². The van der Waals surface area contributed by atoms with E-state index < -0.39 is 17.8 Å². The van der Waals surface area contributed by atoms with Crippen LogP contribution in [0.5, 0.6) is 0 Å². The van der Waals surface area contributed by atoms with Gasteiger partial charge in [-0.15, -0.1) is 0 Å². The fourth-order valence-corrected chi connectivity index (χ4v) is 2.30. The van der Waals surface area contributed by atoms with Crippen molar-refractivity contribution in [2.45, 2.75) is 37.7 Å². The number of halogens is 3. The Hall–Kier alpha value is -1.07. The maximum absolute atomic E-state index is 12.8. The summed E-state index contributed by atoms with van der Waals surface area (Å²) >= 11 is 0. The maximum Gasteiger partial charge on any atom is 0.416 e. The highest BCUT2D eigenvalue weighted by molar-refractivity contribution is 5.29. The van der Waals surface area contributed by atoms with Crippen LogP contribution in [0.1, 0.15) is 24.0 Å². The Balaban J connectivity index is 2.14. The third-order valence-corrected chi connectivity index (χ3v) is 3.51. The molecule has 2 atom stereocenters. The molecule has 0 saturated heterocycles. The first-order valence-electron chi connectivity index (χ1n) is 5.93. The Bertz CT molecular complexity index is 419. The Morgan fingerprint density at radius 2 is 1.94 bits per heavy atom. The molecule has 0 radical (unpaired) electrons. The number of benzene rings is 1. The molecular weight excluding hydrogens is 243 g/mol. The predicted molar refractivity (Wildman–Crippen MR) is 61.9 cm³/mol. The average molecular weight is 259 g/mol. The molecule has 1 aliphatic carbocycles. The predicted octanol–water partition coefficient (Wildman–Crippen LogP) is 2.66. The number of aliphatic hydroxyl groups is 1. The molecule has 0 bridgehead atoms. The minimum atomic E-state index is -4.32. The smallest absolute Gasteiger partial charge is 0.391 e. The molecule has 1 aromatic rings. The number of rotatable bonds is 3. The number of hydrogen-bond donors (Lipinski definition) is 1. The highest BCUT2D eigenvalue weighted by atomic mass is 19.4. The van der Waals surface area contributed by atoms with Crippen LogP contribution in [-0.2, 0) is 12.7 Å². The SMILES string of the molecule is CN(Cc1ccccc1C(F)(F)F)C1CCC1O. The van der Waals surface area contributed by atoms with Gasteiger partial charge < -0.3 is 5.11 Å². The van der Waals surface area contributed by atoms with Gasteiger partial charge in [-0.1, -0.05) is 18.2 Å². The Kier molecular flexibility index (Phi) is 3.64. The van der Waals surface area contributed by atoms with Crippen molar-refractivity contribution in [3.8, 4) is 0 Å². The molecule has 1 N–H and O–H groups in total. The van der Waals surface area contributed by atoms with Gasteiger partial charge in [0.25, 0.3) is 0 Å². The lowest BCUT2D eigenvalue weighted by Crippen LogP contribution is -2.48. The van der Waals surface area contributed by atoms with Crippen molar-refractivity contribution in [1.29, 1.82) is 0 Å². The summed E-state index contributed by atoms with van der Waals surface area (Å²) in [6.07, 6.45) is -3.16. The van der Waals surface area contributed by atoms with E-state index in [-0.39, 0.29) is 18.2 Å². The number of nitrogens with zero attached hydrogens (tertiary/aromatic N) is 1. The van der Waals surface area contributed by atoms with Crippen LogP contribution in [0.3, 0.4) is 0 Å². The van der Waals surface area contributed by atoms with Crippen molar-refractivity contribution < 1.29 is 18.3 Å². The van der Waals surface area contributed by atoms with Crippen LogP contribution < -0.4 is 0 Å². The number of alkyl halides is 3. The minimum absolute atomic E-state index is 0.0220. The maximum atomic E-state index is 12.8. The fourth-order valence-electron chi connectivity index (χ4n) is 2.30. The normalized spacial score (nSPS) is 24.1. The zero-order chi connectivity index (χ0) is 13.3. The molecule has 0 amide bonds. The minimum Gasteiger partial charge on any atom is -0.391 e. The monoisotopic (exact) mass is 259 g/mol. The molecule has 1 aliphatic rings. The number of likely N-dealkylation sites (N-methyl/N-ethyl adjacent to an activating group) is 1. The van der Waals surface area contributed by atoms with Gasteiger partial charge in [-0.05, 0) is 31.5 Å². The van der Waals surface area contributed by atoms with Crippen molar-refractivity contribution >= 4 is 0 Å². The summed E-state index contributed by atoms with van der Waals surface area (Å²) in [6.45, 7) is 0.206. The van der Waals surface area contributed by atoms with Crippen LogP contribution in [0.2, 0.25) is 0 Å². The van der Waals surface area contributed by atoms with Crippen molar-refractivity contribution in [1.82, 2.24) is 4.90 Å². The summed E-state index contributed by atoms with van der Waals surface area (Å²) < 4.78 is 38.4. The van der Waals surface area contributed by atoms with Gasteiger partial charge in [-0.2, -0.15) is 13.2 Å². The van der Waals surface area contributed by atoms with E-state index in [1.807, 2.05) is 0 Å². The zero-order valence-electron chi connectivity index (χ0n) is 10.1. The summed E-state index contributed by atoms with van der Waals surface area (Å²) in [4.78, 5) is 1.79. The second-order valence-corrected chi connectivity index (χ2v) is 4.78. The van der Waals surface area contributed by atoms with E-state index in [0.29, 0.717) is 0 Å². The molecule has 1 saturated carbocycles. The van der Waals surface area contributed by atoms with Gasteiger partial charge in [0.2, 0.25) is 0 Å². The van der Waals surface area contributed by atoms with Gasteiger partial charge in [0.15, 0.2) is 0 Å². The van der Waals surface area contributed by atoms with Gasteiger partial charge in [-0.3, -0.25) is 4.90 Å². The van der Waals surface area contributed by atoms with Gasteiger partial charge in [0.1, 0.15) is 0 Å². The first-order valence-corrected chi connectivity index (χ1v) is 5.93. The van der Waals surface area contributed by atoms with E-state index in [4.69, 9.17) is 0 Å². The summed E-state index contributed by atoms with van der Waals surface area (Å²) in [5.41, 5.74) is -0.336. The molecular formula is C13H16F3NO. The molecule has 100 valence electrons. The second kappa shape index (κ2) is 4.90. The molecule has 0 heterocycles. The number of hydrogen-bond acceptors (Lipinski definition) is 2. The van der Waals surface area contributed by atoms with E-state index in [1.54, 1.807) is 18.0 Å². The van der Waals surface area contributed by atoms with Crippen LogP contribution in [0.15, 0.2) is 24.3 Å². The largest absolute Gasteiger partial charge is 0.416 e. The first-order chi connectivity index (χ1) is 8.39. The lowest BCUT2D eigenvalue weighted by Gasteiger charge is -2.39. The first kappa shape index (κ1) is 13.4. The molecule has 1 fully saturated rings. The second-order valence-electron chi connectivity index (χ2n) is 4.78. The molecule has 5 heteroatoms. The third kappa shape index (κ3) is 2.67. The summed E-state index contributed by atoms with van der Waals surface area (Å²) in [6, 6.07) is 5.57. The van der Waals surface area contributed by atoms with Crippen LogP contribution in [0.25, 0.3) is 0 Å². The third-order valence-electron chi connectivity index (χ3n) is 3.51. The summed E-state index contributed by atoms with van der Waals surface area (Å²) in [7, 11) is 1.75. The molecule has 2 rings (SSSR count). The van der Waals surface area contributed by atoms with Crippen LogP contribution in [0, 0.1) is 0 Å². The fraction of sp³-hybridized carbons (Fsp3) is 0.538. The van der Waals surface area contributed by atoms with Crippen LogP contribution >= 0.6 is 0 Å². The highest BCUT2D eigenvalue weighted by Crippen LogP contribution is 2.33. The van der Waals surface area contributed by atoms with Crippen LogP contribution in [-0.4, -0.2) is 29.2 Å². The zero-order valence-corrected chi connectivity index (χ0v) is 10.1. The van der Waals surface area contributed by atoms with E-state index >= 15 is 0 Å². The summed E-state index contributed by atoms with van der Waals surface area (Å²) in [5, 5.41) is 9.52. The van der Waals surface area contributed by atoms with Crippen molar-refractivity contribution in [2.75, 3.05) is 7.05 Å². The Morgan fingerprint density at radius 1 is 1.28 bits per heavy atom. The molecule has 0 aromatic heterocycles. The van der Waals surface area contributed by atoms with E-state index in [1.165, 1.54) is 12.1 Å². The lowest BCUT2D eigenvalue weighted by molar-refractivity contribution is -0.138. The van der Waals surface area contributed by atoms with E-state index in [0.717, 1.165) is 18.9 Å². The van der Waals surface area contributed by atoms with Gasteiger partial charge in [-0.25, -0.2) is 0 Å². The molecule has 1 aromatic carbocycles. The van der Waals surface area contributed by atoms with Gasteiger partial charge in [0.05, 0.1) is 11.7 Å². The van der Waals surface area contributed by atoms with Crippen LogP contribution in [0.4, 0.5) is 13.2 Å². The molecule has 2 nitrogen and oxygen atoms in total. The Morgan fingerprint density at radius 3 is 2.44 bits per heavy atom. The van der Waals surface area contributed by atoms with E-state index in [2.05, 4.69) is 0 Å². The average Bonchev–Trinajstić information content (AvgIpc) is 2.26. The number of aliphatic hydroxyl groups excluding tert-OH is 1. The van der Waals surface area contributed by atoms with Crippen molar-refractivity contribution in [2.24, 2.45) is 0 Å². The van der Waals surface area contributed by atoms with Crippen molar-refractivity contribution in [3.63, 3.8) is 0 Å². The highest BCUT2D eigenvalue weighted by Gasteiger charge is 2.35.